The summed E-state index contributed by atoms with van der Waals surface area (Å²) in [5.74, 6) is -0.239. The Bertz CT molecular complexity index is 1060. The van der Waals surface area contributed by atoms with Crippen LogP contribution in [0.5, 0.6) is 0 Å². The Hall–Kier alpha value is -3.12. The summed E-state index contributed by atoms with van der Waals surface area (Å²) < 4.78 is 1.03. The van der Waals surface area contributed by atoms with Gasteiger partial charge in [-0.3, -0.25) is 14.7 Å². The Morgan fingerprint density at radius 3 is 2.52 bits per heavy atom. The first-order chi connectivity index (χ1) is 12.3. The number of carbonyl (C=O) groups is 1. The maximum absolute atomic E-state index is 13.0. The first-order valence-corrected chi connectivity index (χ1v) is 8.58. The summed E-state index contributed by atoms with van der Waals surface area (Å²) in [7, 11) is 0. The third-order valence-electron chi connectivity index (χ3n) is 3.74. The molecule has 0 spiro atoms. The van der Waals surface area contributed by atoms with E-state index < -0.39 is 0 Å². The number of anilines is 1. The molecule has 0 bridgehead atoms. The highest BCUT2D eigenvalue weighted by Crippen LogP contribution is 2.29. The van der Waals surface area contributed by atoms with Gasteiger partial charge in [-0.25, -0.2) is 9.97 Å². The normalized spacial score (nSPS) is 10.9. The Kier molecular flexibility index (Phi) is 3.95. The van der Waals surface area contributed by atoms with Crippen molar-refractivity contribution in [2.45, 2.75) is 0 Å². The number of amides is 1. The highest BCUT2D eigenvalue weighted by Gasteiger charge is 2.21. The number of rotatable bonds is 4. The summed E-state index contributed by atoms with van der Waals surface area (Å²) in [5.41, 5.74) is 2.61. The molecule has 1 amide bonds. The van der Waals surface area contributed by atoms with E-state index in [1.165, 1.54) is 17.5 Å². The van der Waals surface area contributed by atoms with Gasteiger partial charge in [-0.1, -0.05) is 41.7 Å². The van der Waals surface area contributed by atoms with Crippen LogP contribution in [0.15, 0.2) is 67.4 Å². The molecule has 122 valence electrons. The van der Waals surface area contributed by atoms with Crippen molar-refractivity contribution in [3.63, 3.8) is 0 Å². The molecule has 0 atom stereocenters. The molecule has 0 N–H and O–H groups in total. The summed E-state index contributed by atoms with van der Waals surface area (Å²) >= 11 is 1.47. The number of benzene rings is 2. The van der Waals surface area contributed by atoms with Crippen LogP contribution in [0.4, 0.5) is 5.13 Å². The van der Waals surface area contributed by atoms with E-state index in [2.05, 4.69) is 21.5 Å². The van der Waals surface area contributed by atoms with E-state index in [4.69, 9.17) is 0 Å². The van der Waals surface area contributed by atoms with E-state index in [0.717, 1.165) is 15.7 Å². The van der Waals surface area contributed by atoms with Gasteiger partial charge in [-0.05, 0) is 24.3 Å². The van der Waals surface area contributed by atoms with E-state index >= 15 is 0 Å². The van der Waals surface area contributed by atoms with E-state index in [1.807, 2.05) is 48.5 Å². The zero-order valence-corrected chi connectivity index (χ0v) is 14.1. The predicted octanol–water partition coefficient (Wildman–Crippen LogP) is 4.07. The van der Waals surface area contributed by atoms with E-state index in [-0.39, 0.29) is 5.91 Å². The van der Waals surface area contributed by atoms with Crippen LogP contribution >= 0.6 is 11.3 Å². The molecule has 4 rings (SSSR count). The topological polar surface area (TPSA) is 59.0 Å². The highest BCUT2D eigenvalue weighted by molar-refractivity contribution is 7.22. The van der Waals surface area contributed by atoms with Gasteiger partial charge in [-0.15, -0.1) is 6.58 Å². The molecule has 2 aromatic heterocycles. The molecule has 0 aliphatic rings. The Morgan fingerprint density at radius 1 is 1.04 bits per heavy atom. The zero-order chi connectivity index (χ0) is 17.2. The van der Waals surface area contributed by atoms with E-state index in [9.17, 15) is 4.79 Å². The summed E-state index contributed by atoms with van der Waals surface area (Å²) in [6.45, 7) is 4.11. The molecule has 0 unspecified atom stereocenters. The number of thiazole rings is 1. The van der Waals surface area contributed by atoms with Crippen molar-refractivity contribution >= 4 is 43.6 Å². The van der Waals surface area contributed by atoms with Crippen molar-refractivity contribution in [1.82, 2.24) is 15.0 Å². The average molecular weight is 346 g/mol. The average Bonchev–Trinajstić information content (AvgIpc) is 3.09. The van der Waals surface area contributed by atoms with Gasteiger partial charge < -0.3 is 0 Å². The van der Waals surface area contributed by atoms with Crippen LogP contribution in [-0.2, 0) is 0 Å². The molecule has 25 heavy (non-hydrogen) atoms. The number of aromatic nitrogens is 3. The molecule has 0 saturated carbocycles. The van der Waals surface area contributed by atoms with E-state index in [0.29, 0.717) is 22.9 Å². The molecular formula is C19H14N4OS. The van der Waals surface area contributed by atoms with Gasteiger partial charge in [0, 0.05) is 6.54 Å². The minimum Gasteiger partial charge on any atom is -0.279 e. The lowest BCUT2D eigenvalue weighted by molar-refractivity contribution is 0.0985. The number of hydrogen-bond acceptors (Lipinski definition) is 5. The monoisotopic (exact) mass is 346 g/mol. The lowest BCUT2D eigenvalue weighted by Crippen LogP contribution is -2.31. The number of hydrogen-bond donors (Lipinski definition) is 0. The van der Waals surface area contributed by atoms with Crippen molar-refractivity contribution in [3.8, 4) is 0 Å². The second-order valence-corrected chi connectivity index (χ2v) is 6.42. The largest absolute Gasteiger partial charge is 0.280 e. The lowest BCUT2D eigenvalue weighted by Gasteiger charge is -2.17. The maximum Gasteiger partial charge on any atom is 0.280 e. The highest BCUT2D eigenvalue weighted by atomic mass is 32.1. The number of fused-ring (bicyclic) bond motifs is 2. The fourth-order valence-electron chi connectivity index (χ4n) is 2.55. The molecule has 0 fully saturated rings. The van der Waals surface area contributed by atoms with Crippen LogP contribution in [-0.4, -0.2) is 27.4 Å². The van der Waals surface area contributed by atoms with E-state index in [1.54, 1.807) is 11.0 Å². The van der Waals surface area contributed by atoms with Gasteiger partial charge >= 0.3 is 0 Å². The van der Waals surface area contributed by atoms with Crippen molar-refractivity contribution in [2.75, 3.05) is 11.4 Å². The predicted molar refractivity (Wildman–Crippen MR) is 101 cm³/mol. The molecule has 0 aliphatic heterocycles. The zero-order valence-electron chi connectivity index (χ0n) is 13.3. The quantitative estimate of drug-likeness (QED) is 0.523. The van der Waals surface area contributed by atoms with Crippen molar-refractivity contribution < 1.29 is 4.79 Å². The fraction of sp³-hybridized carbons (Fsp3) is 0.0526. The van der Waals surface area contributed by atoms with Crippen LogP contribution in [0, 0.1) is 0 Å². The molecule has 0 saturated heterocycles. The molecular weight excluding hydrogens is 332 g/mol. The number of carbonyl (C=O) groups excluding carboxylic acids is 1. The van der Waals surface area contributed by atoms with Gasteiger partial charge in [0.1, 0.15) is 5.69 Å². The summed E-state index contributed by atoms with van der Waals surface area (Å²) in [6.07, 6.45) is 3.19. The second kappa shape index (κ2) is 6.41. The summed E-state index contributed by atoms with van der Waals surface area (Å²) in [5, 5.41) is 0.626. The summed E-state index contributed by atoms with van der Waals surface area (Å²) in [6, 6.07) is 15.3. The van der Waals surface area contributed by atoms with Crippen LogP contribution < -0.4 is 4.90 Å². The Labute approximate surface area is 148 Å². The van der Waals surface area contributed by atoms with Crippen molar-refractivity contribution in [3.05, 3.63) is 73.1 Å². The minimum absolute atomic E-state index is 0.239. The van der Waals surface area contributed by atoms with Crippen molar-refractivity contribution in [2.24, 2.45) is 0 Å². The molecule has 2 aromatic carbocycles. The first-order valence-electron chi connectivity index (χ1n) is 7.76. The standard InChI is InChI=1S/C19H14N4OS/c1-2-11-23(19-22-15-9-5-6-10-17(15)25-19)18(24)16-12-20-13-7-3-4-8-14(13)21-16/h2-10,12H,1,11H2. The molecule has 4 aromatic rings. The van der Waals surface area contributed by atoms with Crippen LogP contribution in [0.2, 0.25) is 0 Å². The van der Waals surface area contributed by atoms with Gasteiger partial charge in [0.25, 0.3) is 5.91 Å². The maximum atomic E-state index is 13.0. The minimum atomic E-state index is -0.239. The van der Waals surface area contributed by atoms with Crippen LogP contribution in [0.3, 0.4) is 0 Å². The van der Waals surface area contributed by atoms with Crippen LogP contribution in [0.1, 0.15) is 10.5 Å². The molecule has 5 nitrogen and oxygen atoms in total. The second-order valence-electron chi connectivity index (χ2n) is 5.41. The van der Waals surface area contributed by atoms with Crippen LogP contribution in [0.25, 0.3) is 21.3 Å². The summed E-state index contributed by atoms with van der Waals surface area (Å²) in [4.78, 5) is 27.9. The molecule has 2 heterocycles. The van der Waals surface area contributed by atoms with Gasteiger partial charge in [0.05, 0.1) is 27.4 Å². The third-order valence-corrected chi connectivity index (χ3v) is 4.80. The van der Waals surface area contributed by atoms with Gasteiger partial charge in [-0.2, -0.15) is 0 Å². The third kappa shape index (κ3) is 2.88. The smallest absolute Gasteiger partial charge is 0.279 e. The lowest BCUT2D eigenvalue weighted by atomic mass is 10.3. The number of nitrogens with zero attached hydrogens (tertiary/aromatic N) is 4. The number of para-hydroxylation sites is 3. The van der Waals surface area contributed by atoms with Gasteiger partial charge in [0.2, 0.25) is 0 Å². The Morgan fingerprint density at radius 2 is 1.76 bits per heavy atom. The molecule has 0 aliphatic carbocycles. The molecule has 6 heteroatoms. The van der Waals surface area contributed by atoms with Gasteiger partial charge in [0.15, 0.2) is 5.13 Å². The Balaban J connectivity index is 1.76. The molecule has 0 radical (unpaired) electrons. The fourth-order valence-corrected chi connectivity index (χ4v) is 3.52. The SMILES string of the molecule is C=CCN(C(=O)c1cnc2ccccc2n1)c1nc2ccccc2s1. The van der Waals surface area contributed by atoms with Crippen molar-refractivity contribution in [1.29, 1.82) is 0 Å². The first kappa shape index (κ1) is 15.4.